The van der Waals surface area contributed by atoms with E-state index in [0.717, 1.165) is 49.4 Å². The van der Waals surface area contributed by atoms with Gasteiger partial charge < -0.3 is 14.5 Å². The van der Waals surface area contributed by atoms with Crippen LogP contribution in [0.1, 0.15) is 61.9 Å². The number of halogens is 3. The molecule has 1 saturated heterocycles. The number of carbonyl (C=O) groups is 1. The first-order valence-electron chi connectivity index (χ1n) is 13.4. The van der Waals surface area contributed by atoms with E-state index < -0.39 is 17.7 Å². The van der Waals surface area contributed by atoms with Crippen LogP contribution in [0.25, 0.3) is 23.0 Å². The number of benzene rings is 1. The fraction of sp³-hybridized carbons (Fsp3) is 0.571. The number of piperidine rings is 1. The third-order valence-corrected chi connectivity index (χ3v) is 8.14. The van der Waals surface area contributed by atoms with E-state index in [9.17, 15) is 18.0 Å². The van der Waals surface area contributed by atoms with E-state index in [4.69, 9.17) is 9.63 Å². The molecule has 1 fully saturated rings. The van der Waals surface area contributed by atoms with Crippen LogP contribution in [0.4, 0.5) is 13.2 Å². The van der Waals surface area contributed by atoms with Crippen molar-refractivity contribution in [2.45, 2.75) is 65.0 Å². The zero-order valence-electron chi connectivity index (χ0n) is 22.5. The van der Waals surface area contributed by atoms with Crippen molar-refractivity contribution in [3.8, 4) is 23.0 Å². The monoisotopic (exact) mass is 545 g/mol. The lowest BCUT2D eigenvalue weighted by Crippen LogP contribution is -2.35. The van der Waals surface area contributed by atoms with Crippen molar-refractivity contribution in [1.29, 1.82) is 0 Å². The lowest BCUT2D eigenvalue weighted by atomic mass is 9.76. The Morgan fingerprint density at radius 3 is 2.67 bits per heavy atom. The minimum absolute atomic E-state index is 0.0955. The van der Waals surface area contributed by atoms with Crippen LogP contribution < -0.4 is 0 Å². The van der Waals surface area contributed by atoms with Gasteiger partial charge in [-0.05, 0) is 74.6 Å². The summed E-state index contributed by atoms with van der Waals surface area (Å²) < 4.78 is 49.5. The molecule has 3 heterocycles. The van der Waals surface area contributed by atoms with Gasteiger partial charge in [0.2, 0.25) is 5.82 Å². The maximum atomic E-state index is 14.1. The highest BCUT2D eigenvalue weighted by Crippen LogP contribution is 2.39. The molecule has 11 heteroatoms. The first-order chi connectivity index (χ1) is 18.4. The van der Waals surface area contributed by atoms with Crippen LogP contribution in [0.3, 0.4) is 0 Å². The lowest BCUT2D eigenvalue weighted by Gasteiger charge is -2.31. The number of aliphatic carboxylic acids is 1. The van der Waals surface area contributed by atoms with E-state index in [2.05, 4.69) is 34.0 Å². The highest BCUT2D eigenvalue weighted by molar-refractivity contribution is 5.67. The number of aryl methyl sites for hydroxylation is 1. The molecule has 0 saturated carbocycles. The summed E-state index contributed by atoms with van der Waals surface area (Å²) in [6.07, 6.45) is 0.0507. The van der Waals surface area contributed by atoms with E-state index in [1.54, 1.807) is 6.07 Å². The van der Waals surface area contributed by atoms with Crippen molar-refractivity contribution in [3.63, 3.8) is 0 Å². The minimum atomic E-state index is -4.53. The van der Waals surface area contributed by atoms with E-state index in [1.807, 2.05) is 11.7 Å². The minimum Gasteiger partial charge on any atom is -0.481 e. The molecule has 5 rings (SSSR count). The predicted molar refractivity (Wildman–Crippen MR) is 138 cm³/mol. The number of rotatable bonds is 7. The van der Waals surface area contributed by atoms with Gasteiger partial charge in [-0.1, -0.05) is 31.1 Å². The van der Waals surface area contributed by atoms with Gasteiger partial charge in [0.25, 0.3) is 5.89 Å². The summed E-state index contributed by atoms with van der Waals surface area (Å²) in [5.74, 6) is -0.365. The molecule has 8 nitrogen and oxygen atoms in total. The average Bonchev–Trinajstić information content (AvgIpc) is 3.47. The smallest absolute Gasteiger partial charge is 0.416 e. The van der Waals surface area contributed by atoms with E-state index in [1.165, 1.54) is 6.07 Å². The zero-order valence-corrected chi connectivity index (χ0v) is 22.5. The highest BCUT2D eigenvalue weighted by atomic mass is 19.4. The molecular formula is C28H34F3N5O3. The van der Waals surface area contributed by atoms with Crippen molar-refractivity contribution in [1.82, 2.24) is 24.8 Å². The van der Waals surface area contributed by atoms with Crippen LogP contribution >= 0.6 is 0 Å². The number of aromatic nitrogens is 4. The second kappa shape index (κ2) is 10.4. The molecule has 0 bridgehead atoms. The standard InChI is InChI=1S/C28H34F3N5O3/c1-27(2)10-6-20-22(16-27)35(3)33-24(20)26-32-25(34-39-26)19-5-4-18(21(15-19)28(29,30)31)9-13-36-11-7-17(8-12-36)14-23(37)38/h4-5,15,17H,6-14,16H2,1-3H3,(H,37,38). The van der Waals surface area contributed by atoms with Gasteiger partial charge in [-0.15, -0.1) is 0 Å². The van der Waals surface area contributed by atoms with Gasteiger partial charge in [0.1, 0.15) is 0 Å². The summed E-state index contributed by atoms with van der Waals surface area (Å²) in [5, 5.41) is 17.6. The Hall–Kier alpha value is -3.21. The molecular weight excluding hydrogens is 511 g/mol. The molecule has 2 aromatic heterocycles. The number of alkyl halides is 3. The van der Waals surface area contributed by atoms with Crippen molar-refractivity contribution in [2.24, 2.45) is 18.4 Å². The molecule has 0 amide bonds. The molecule has 0 spiro atoms. The van der Waals surface area contributed by atoms with Crippen LogP contribution in [0.15, 0.2) is 22.7 Å². The maximum absolute atomic E-state index is 14.1. The molecule has 3 aromatic rings. The molecule has 1 N–H and O–H groups in total. The topological polar surface area (TPSA) is 97.3 Å². The Labute approximate surface area is 225 Å². The van der Waals surface area contributed by atoms with Crippen molar-refractivity contribution in [3.05, 3.63) is 40.6 Å². The first kappa shape index (κ1) is 27.4. The molecule has 1 aromatic carbocycles. The number of fused-ring (bicyclic) bond motifs is 1. The summed E-state index contributed by atoms with van der Waals surface area (Å²) >= 11 is 0. The summed E-state index contributed by atoms with van der Waals surface area (Å²) in [5.41, 5.74) is 2.70. The van der Waals surface area contributed by atoms with E-state index in [0.29, 0.717) is 25.3 Å². The number of hydrogen-bond acceptors (Lipinski definition) is 6. The average molecular weight is 546 g/mol. The first-order valence-corrected chi connectivity index (χ1v) is 13.4. The van der Waals surface area contributed by atoms with Gasteiger partial charge in [-0.2, -0.15) is 23.3 Å². The number of nitrogens with zero attached hydrogens (tertiary/aromatic N) is 5. The van der Waals surface area contributed by atoms with E-state index >= 15 is 0 Å². The number of carboxylic acids is 1. The third-order valence-electron chi connectivity index (χ3n) is 8.14. The van der Waals surface area contributed by atoms with Gasteiger partial charge in [-0.3, -0.25) is 9.48 Å². The molecule has 0 unspecified atom stereocenters. The number of carboxylic acid groups (broad SMARTS) is 1. The fourth-order valence-electron chi connectivity index (χ4n) is 5.84. The molecule has 0 atom stereocenters. The Bertz CT molecular complexity index is 1350. The molecule has 210 valence electrons. The quantitative estimate of drug-likeness (QED) is 0.425. The van der Waals surface area contributed by atoms with Crippen LogP contribution in [0, 0.1) is 11.3 Å². The van der Waals surface area contributed by atoms with Crippen LogP contribution in [0.2, 0.25) is 0 Å². The van der Waals surface area contributed by atoms with Gasteiger partial charge >= 0.3 is 12.1 Å². The Morgan fingerprint density at radius 2 is 1.97 bits per heavy atom. The predicted octanol–water partition coefficient (Wildman–Crippen LogP) is 5.40. The van der Waals surface area contributed by atoms with Gasteiger partial charge in [0, 0.05) is 36.8 Å². The number of likely N-dealkylation sites (tertiary alicyclic amines) is 1. The Kier molecular flexibility index (Phi) is 7.30. The highest BCUT2D eigenvalue weighted by Gasteiger charge is 2.35. The second-order valence-corrected chi connectivity index (χ2v) is 11.7. The zero-order chi connectivity index (χ0) is 27.9. The summed E-state index contributed by atoms with van der Waals surface area (Å²) in [7, 11) is 1.88. The maximum Gasteiger partial charge on any atom is 0.416 e. The van der Waals surface area contributed by atoms with Crippen molar-refractivity contribution in [2.75, 3.05) is 19.6 Å². The van der Waals surface area contributed by atoms with Crippen LogP contribution in [-0.2, 0) is 37.3 Å². The lowest BCUT2D eigenvalue weighted by molar-refractivity contribution is -0.139. The second-order valence-electron chi connectivity index (χ2n) is 11.7. The molecule has 1 aliphatic carbocycles. The normalized spacial score (nSPS) is 18.3. The Balaban J connectivity index is 1.32. The van der Waals surface area contributed by atoms with Crippen molar-refractivity contribution >= 4 is 5.97 Å². The van der Waals surface area contributed by atoms with Gasteiger partial charge in [-0.25, -0.2) is 0 Å². The van der Waals surface area contributed by atoms with E-state index in [-0.39, 0.29) is 47.0 Å². The summed E-state index contributed by atoms with van der Waals surface area (Å²) in [4.78, 5) is 17.5. The Morgan fingerprint density at radius 1 is 1.23 bits per heavy atom. The largest absolute Gasteiger partial charge is 0.481 e. The summed E-state index contributed by atoms with van der Waals surface area (Å²) in [6.45, 7) is 6.31. The molecule has 0 radical (unpaired) electrons. The van der Waals surface area contributed by atoms with Gasteiger partial charge in [0.05, 0.1) is 5.56 Å². The number of hydrogen-bond donors (Lipinski definition) is 1. The van der Waals surface area contributed by atoms with Crippen LogP contribution in [-0.4, -0.2) is 55.5 Å². The van der Waals surface area contributed by atoms with Crippen LogP contribution in [0.5, 0.6) is 0 Å². The molecule has 39 heavy (non-hydrogen) atoms. The molecule has 1 aliphatic heterocycles. The SMILES string of the molecule is Cn1nc(-c2nc(-c3ccc(CCN4CCC(CC(=O)O)CC4)c(C(F)(F)F)c3)no2)c2c1CC(C)(C)CC2. The third kappa shape index (κ3) is 6.03. The summed E-state index contributed by atoms with van der Waals surface area (Å²) in [6, 6.07) is 4.20. The van der Waals surface area contributed by atoms with Gasteiger partial charge in [0.15, 0.2) is 5.69 Å². The molecule has 2 aliphatic rings. The fourth-order valence-corrected chi connectivity index (χ4v) is 5.84. The van der Waals surface area contributed by atoms with Crippen molar-refractivity contribution < 1.29 is 27.6 Å².